The number of hydrogen-bond acceptors (Lipinski definition) is 6. The van der Waals surface area contributed by atoms with Gasteiger partial charge in [0.2, 0.25) is 0 Å². The van der Waals surface area contributed by atoms with Gasteiger partial charge in [0.1, 0.15) is 5.82 Å². The molecule has 0 amide bonds. The van der Waals surface area contributed by atoms with Crippen molar-refractivity contribution in [2.45, 2.75) is 4.90 Å². The van der Waals surface area contributed by atoms with Gasteiger partial charge in [-0.2, -0.15) is 4.80 Å². The minimum atomic E-state index is -4.29. The predicted molar refractivity (Wildman–Crippen MR) is 68.0 cm³/mol. The molecule has 0 bridgehead atoms. The first-order chi connectivity index (χ1) is 9.70. The molecule has 0 radical (unpaired) electrons. The van der Waals surface area contributed by atoms with Crippen LogP contribution in [0.15, 0.2) is 17.0 Å². The van der Waals surface area contributed by atoms with E-state index in [1.54, 1.807) is 0 Å². The fourth-order valence-electron chi connectivity index (χ4n) is 1.38. The van der Waals surface area contributed by atoms with Gasteiger partial charge in [0.25, 0.3) is 16.0 Å². The fourth-order valence-corrected chi connectivity index (χ4v) is 2.54. The summed E-state index contributed by atoms with van der Waals surface area (Å²) < 4.78 is 39.5. The van der Waals surface area contributed by atoms with E-state index in [9.17, 15) is 17.6 Å². The molecule has 2 N–H and O–H groups in total. The van der Waals surface area contributed by atoms with Crippen LogP contribution in [-0.2, 0) is 17.1 Å². The second-order valence-electron chi connectivity index (χ2n) is 3.78. The summed E-state index contributed by atoms with van der Waals surface area (Å²) in [6, 6.07) is 1.32. The second kappa shape index (κ2) is 5.26. The van der Waals surface area contributed by atoms with Crippen molar-refractivity contribution in [3.8, 4) is 0 Å². The van der Waals surface area contributed by atoms with Gasteiger partial charge in [-0.1, -0.05) is 16.7 Å². The summed E-state index contributed by atoms with van der Waals surface area (Å²) in [5.74, 6) is -3.08. The molecule has 0 saturated carbocycles. The van der Waals surface area contributed by atoms with E-state index in [-0.39, 0.29) is 5.95 Å². The molecule has 0 unspecified atom stereocenters. The lowest BCUT2D eigenvalue weighted by Gasteiger charge is -2.07. The van der Waals surface area contributed by atoms with Crippen molar-refractivity contribution in [3.63, 3.8) is 0 Å². The number of nitrogens with zero attached hydrogens (tertiary/aromatic N) is 4. The van der Waals surface area contributed by atoms with E-state index in [1.165, 1.54) is 7.05 Å². The molecule has 0 spiro atoms. The van der Waals surface area contributed by atoms with Gasteiger partial charge in [-0.15, -0.1) is 5.10 Å². The maximum atomic E-state index is 13.5. The summed E-state index contributed by atoms with van der Waals surface area (Å²) in [6.07, 6.45) is 0. The average molecular weight is 336 g/mol. The van der Waals surface area contributed by atoms with E-state index in [1.807, 2.05) is 4.72 Å². The van der Waals surface area contributed by atoms with Crippen molar-refractivity contribution in [1.82, 2.24) is 20.2 Å². The van der Waals surface area contributed by atoms with E-state index >= 15 is 0 Å². The monoisotopic (exact) mass is 335 g/mol. The molecule has 1 aromatic carbocycles. The molecule has 21 heavy (non-hydrogen) atoms. The zero-order chi connectivity index (χ0) is 15.8. The third kappa shape index (κ3) is 3.08. The molecular weight excluding hydrogens is 329 g/mol. The van der Waals surface area contributed by atoms with Gasteiger partial charge in [-0.05, 0) is 17.3 Å². The first kappa shape index (κ1) is 15.1. The molecule has 1 aromatic heterocycles. The van der Waals surface area contributed by atoms with Gasteiger partial charge in [0.15, 0.2) is 0 Å². The van der Waals surface area contributed by atoms with Crippen molar-refractivity contribution >= 4 is 33.5 Å². The largest absolute Gasteiger partial charge is 0.478 e. The Labute approximate surface area is 122 Å². The number of hydrogen-bond donors (Lipinski definition) is 2. The highest BCUT2D eigenvalue weighted by Crippen LogP contribution is 2.25. The summed E-state index contributed by atoms with van der Waals surface area (Å²) in [5, 5.41) is 18.6. The number of rotatable bonds is 4. The molecule has 2 aromatic rings. The van der Waals surface area contributed by atoms with Crippen molar-refractivity contribution in [3.05, 3.63) is 28.5 Å². The Morgan fingerprint density at radius 3 is 2.67 bits per heavy atom. The first-order valence-corrected chi connectivity index (χ1v) is 7.06. The number of carboxylic acids is 1. The quantitative estimate of drug-likeness (QED) is 0.832. The fraction of sp³-hybridized carbons (Fsp3) is 0.111. The number of carboxylic acid groups (broad SMARTS) is 1. The number of halogens is 2. The number of aromatic nitrogens is 4. The van der Waals surface area contributed by atoms with Crippen LogP contribution in [0.25, 0.3) is 0 Å². The highest BCUT2D eigenvalue weighted by atomic mass is 35.5. The number of aryl methyl sites for hydroxylation is 1. The Kier molecular flexibility index (Phi) is 3.78. The van der Waals surface area contributed by atoms with Gasteiger partial charge in [0.05, 0.1) is 22.5 Å². The smallest absolute Gasteiger partial charge is 0.337 e. The summed E-state index contributed by atoms with van der Waals surface area (Å²) >= 11 is 5.46. The number of sulfonamides is 1. The minimum Gasteiger partial charge on any atom is -0.478 e. The number of nitrogens with one attached hydrogen (secondary N) is 1. The number of benzene rings is 1. The normalized spacial score (nSPS) is 11.4. The Balaban J connectivity index is 2.47. The van der Waals surface area contributed by atoms with Crippen LogP contribution in [0.5, 0.6) is 0 Å². The third-order valence-corrected chi connectivity index (χ3v) is 3.97. The van der Waals surface area contributed by atoms with E-state index < -0.39 is 37.3 Å². The Morgan fingerprint density at radius 2 is 2.14 bits per heavy atom. The molecule has 112 valence electrons. The molecule has 12 heteroatoms. The highest BCUT2D eigenvalue weighted by Gasteiger charge is 2.23. The van der Waals surface area contributed by atoms with E-state index in [0.29, 0.717) is 6.07 Å². The highest BCUT2D eigenvalue weighted by molar-refractivity contribution is 7.92. The van der Waals surface area contributed by atoms with Gasteiger partial charge in [0, 0.05) is 0 Å². The second-order valence-corrected chi connectivity index (χ2v) is 5.84. The molecule has 1 heterocycles. The molecule has 0 fully saturated rings. The zero-order valence-electron chi connectivity index (χ0n) is 10.3. The standard InChI is InChI=1S/C9H7ClFN5O4S/c1-16-13-9(12-15-16)14-21(19,20)4-2-5(8(17)18)7(10)6(11)3-4/h2-3H,1H3,(H,13,14)(H,17,18). The zero-order valence-corrected chi connectivity index (χ0v) is 11.9. The van der Waals surface area contributed by atoms with Crippen LogP contribution in [0.4, 0.5) is 10.3 Å². The summed E-state index contributed by atoms with van der Waals surface area (Å²) in [6.45, 7) is 0. The predicted octanol–water partition coefficient (Wildman–Crippen LogP) is 0.502. The lowest BCUT2D eigenvalue weighted by molar-refractivity contribution is 0.0696. The Hall–Kier alpha value is -2.27. The molecule has 0 aliphatic rings. The van der Waals surface area contributed by atoms with E-state index in [4.69, 9.17) is 16.7 Å². The third-order valence-electron chi connectivity index (χ3n) is 2.28. The van der Waals surface area contributed by atoms with Crippen molar-refractivity contribution in [1.29, 1.82) is 0 Å². The van der Waals surface area contributed by atoms with Crippen molar-refractivity contribution in [2.24, 2.45) is 7.05 Å². The maximum absolute atomic E-state index is 13.5. The topological polar surface area (TPSA) is 127 Å². The van der Waals surface area contributed by atoms with Crippen LogP contribution in [0.3, 0.4) is 0 Å². The molecule has 9 nitrogen and oxygen atoms in total. The Bertz CT molecular complexity index is 822. The molecule has 0 aliphatic heterocycles. The van der Waals surface area contributed by atoms with Crippen LogP contribution >= 0.6 is 11.6 Å². The minimum absolute atomic E-state index is 0.343. The van der Waals surface area contributed by atoms with Gasteiger partial charge < -0.3 is 5.11 Å². The van der Waals surface area contributed by atoms with E-state index in [2.05, 4.69) is 15.4 Å². The van der Waals surface area contributed by atoms with Gasteiger partial charge >= 0.3 is 5.97 Å². The molecule has 0 atom stereocenters. The number of aromatic carboxylic acids is 1. The summed E-state index contributed by atoms with van der Waals surface area (Å²) in [7, 11) is -2.87. The number of tetrazole rings is 1. The lowest BCUT2D eigenvalue weighted by Crippen LogP contribution is -2.15. The number of anilines is 1. The van der Waals surface area contributed by atoms with Crippen LogP contribution in [-0.4, -0.2) is 39.7 Å². The summed E-state index contributed by atoms with van der Waals surface area (Å²) in [4.78, 5) is 11.3. The molecule has 2 rings (SSSR count). The lowest BCUT2D eigenvalue weighted by atomic mass is 10.2. The van der Waals surface area contributed by atoms with Crippen LogP contribution < -0.4 is 4.72 Å². The van der Waals surface area contributed by atoms with Crippen molar-refractivity contribution in [2.75, 3.05) is 4.72 Å². The average Bonchev–Trinajstić information content (AvgIpc) is 2.76. The van der Waals surface area contributed by atoms with Crippen LogP contribution in [0.1, 0.15) is 10.4 Å². The van der Waals surface area contributed by atoms with E-state index in [0.717, 1.165) is 10.9 Å². The van der Waals surface area contributed by atoms with Crippen LogP contribution in [0.2, 0.25) is 5.02 Å². The maximum Gasteiger partial charge on any atom is 0.337 e. The van der Waals surface area contributed by atoms with Gasteiger partial charge in [-0.3, -0.25) is 0 Å². The SMILES string of the molecule is Cn1nnc(NS(=O)(=O)c2cc(F)c(Cl)c(C(=O)O)c2)n1. The first-order valence-electron chi connectivity index (χ1n) is 5.20. The van der Waals surface area contributed by atoms with Crippen molar-refractivity contribution < 1.29 is 22.7 Å². The number of carbonyl (C=O) groups is 1. The molecular formula is C9H7ClFN5O4S. The van der Waals surface area contributed by atoms with Gasteiger partial charge in [-0.25, -0.2) is 22.3 Å². The molecule has 0 aliphatic carbocycles. The Morgan fingerprint density at radius 1 is 1.48 bits per heavy atom. The van der Waals surface area contributed by atoms with Crippen LogP contribution in [0, 0.1) is 5.82 Å². The molecule has 0 saturated heterocycles. The summed E-state index contributed by atoms with van der Waals surface area (Å²) in [5.41, 5.74) is -0.677.